The fraction of sp³-hybridized carbons (Fsp3) is 0.500. The molecule has 0 spiro atoms. The molecular weight excluding hydrogens is 290 g/mol. The van der Waals surface area contributed by atoms with Gasteiger partial charge in [0.1, 0.15) is 4.90 Å². The molecule has 0 aliphatic carbocycles. The summed E-state index contributed by atoms with van der Waals surface area (Å²) < 4.78 is 27.0. The highest BCUT2D eigenvalue weighted by Gasteiger charge is 2.34. The van der Waals surface area contributed by atoms with Gasteiger partial charge in [-0.1, -0.05) is 6.42 Å². The largest absolute Gasteiger partial charge is 0.398 e. The van der Waals surface area contributed by atoms with Crippen molar-refractivity contribution in [1.82, 2.24) is 4.31 Å². The number of nitriles is 1. The summed E-state index contributed by atoms with van der Waals surface area (Å²) in [6.07, 6.45) is 2.93. The van der Waals surface area contributed by atoms with Gasteiger partial charge in [-0.05, 0) is 37.5 Å². The molecule has 2 rings (SSSR count). The summed E-state index contributed by atoms with van der Waals surface area (Å²) >= 11 is 0. The number of hydrogen-bond donors (Lipinski definition) is 2. The van der Waals surface area contributed by atoms with Crippen molar-refractivity contribution in [2.24, 2.45) is 0 Å². The standard InChI is InChI=1S/C14H19N3O3S/c15-10-11-4-5-14(13(16)9-11)21(19,20)17-7-2-1-3-12(17)6-8-18/h4-5,9,12,18H,1-3,6-8,16H2. The number of aliphatic hydroxyl groups excluding tert-OH is 1. The van der Waals surface area contributed by atoms with Crippen LogP contribution in [0.1, 0.15) is 31.2 Å². The molecule has 21 heavy (non-hydrogen) atoms. The highest BCUT2D eigenvalue weighted by Crippen LogP contribution is 2.30. The van der Waals surface area contributed by atoms with Crippen molar-refractivity contribution in [3.63, 3.8) is 0 Å². The molecule has 0 aromatic heterocycles. The number of benzene rings is 1. The Morgan fingerprint density at radius 1 is 1.43 bits per heavy atom. The summed E-state index contributed by atoms with van der Waals surface area (Å²) in [4.78, 5) is 0.0336. The molecule has 1 unspecified atom stereocenters. The fourth-order valence-corrected chi connectivity index (χ4v) is 4.53. The van der Waals surface area contributed by atoms with Crippen LogP contribution in [0.25, 0.3) is 0 Å². The highest BCUT2D eigenvalue weighted by atomic mass is 32.2. The molecule has 114 valence electrons. The predicted molar refractivity (Wildman–Crippen MR) is 78.8 cm³/mol. The zero-order valence-electron chi connectivity index (χ0n) is 11.7. The lowest BCUT2D eigenvalue weighted by molar-refractivity contribution is 0.192. The second kappa shape index (κ2) is 6.43. The molecule has 1 saturated heterocycles. The Hall–Kier alpha value is -1.62. The minimum absolute atomic E-state index is 0.0336. The number of nitrogens with two attached hydrogens (primary N) is 1. The van der Waals surface area contributed by atoms with Crippen LogP contribution in [0.2, 0.25) is 0 Å². The van der Waals surface area contributed by atoms with Gasteiger partial charge < -0.3 is 10.8 Å². The van der Waals surface area contributed by atoms with Gasteiger partial charge in [0.2, 0.25) is 10.0 Å². The maximum atomic E-state index is 12.8. The first-order valence-electron chi connectivity index (χ1n) is 6.93. The van der Waals surface area contributed by atoms with Crippen molar-refractivity contribution in [3.05, 3.63) is 23.8 Å². The minimum atomic E-state index is -3.70. The third kappa shape index (κ3) is 3.18. The maximum absolute atomic E-state index is 12.8. The zero-order chi connectivity index (χ0) is 15.5. The number of rotatable bonds is 4. The summed E-state index contributed by atoms with van der Waals surface area (Å²) in [6, 6.07) is 5.95. The van der Waals surface area contributed by atoms with Gasteiger partial charge in [-0.25, -0.2) is 8.42 Å². The topological polar surface area (TPSA) is 107 Å². The van der Waals surface area contributed by atoms with E-state index in [4.69, 9.17) is 16.1 Å². The first-order valence-corrected chi connectivity index (χ1v) is 8.37. The van der Waals surface area contributed by atoms with Crippen LogP contribution >= 0.6 is 0 Å². The van der Waals surface area contributed by atoms with Crippen LogP contribution in [-0.4, -0.2) is 37.0 Å². The first-order chi connectivity index (χ1) is 10.0. The third-order valence-electron chi connectivity index (χ3n) is 3.76. The quantitative estimate of drug-likeness (QED) is 0.809. The number of aliphatic hydroxyl groups is 1. The Balaban J connectivity index is 2.38. The molecule has 1 fully saturated rings. The highest BCUT2D eigenvalue weighted by molar-refractivity contribution is 7.89. The summed E-state index contributed by atoms with van der Waals surface area (Å²) in [5.41, 5.74) is 6.22. The Morgan fingerprint density at radius 3 is 2.81 bits per heavy atom. The van der Waals surface area contributed by atoms with Crippen LogP contribution in [0, 0.1) is 11.3 Å². The van der Waals surface area contributed by atoms with Crippen molar-refractivity contribution in [2.45, 2.75) is 36.6 Å². The van der Waals surface area contributed by atoms with Gasteiger partial charge in [0, 0.05) is 19.2 Å². The number of nitrogens with zero attached hydrogens (tertiary/aromatic N) is 2. The molecular formula is C14H19N3O3S. The van der Waals surface area contributed by atoms with E-state index >= 15 is 0 Å². The van der Waals surface area contributed by atoms with Crippen molar-refractivity contribution in [2.75, 3.05) is 18.9 Å². The Morgan fingerprint density at radius 2 is 2.19 bits per heavy atom. The lowest BCUT2D eigenvalue weighted by Crippen LogP contribution is -2.44. The van der Waals surface area contributed by atoms with E-state index in [2.05, 4.69) is 0 Å². The molecule has 1 heterocycles. The molecule has 0 radical (unpaired) electrons. The number of nitrogen functional groups attached to an aromatic ring is 1. The van der Waals surface area contributed by atoms with E-state index in [1.54, 1.807) is 0 Å². The summed E-state index contributed by atoms with van der Waals surface area (Å²) in [7, 11) is -3.70. The van der Waals surface area contributed by atoms with Crippen LogP contribution in [0.4, 0.5) is 5.69 Å². The van der Waals surface area contributed by atoms with Gasteiger partial charge >= 0.3 is 0 Å². The lowest BCUT2D eigenvalue weighted by Gasteiger charge is -2.34. The summed E-state index contributed by atoms with van der Waals surface area (Å²) in [5.74, 6) is 0. The van der Waals surface area contributed by atoms with Crippen LogP contribution in [0.15, 0.2) is 23.1 Å². The van der Waals surface area contributed by atoms with Gasteiger partial charge in [0.15, 0.2) is 0 Å². The van der Waals surface area contributed by atoms with E-state index in [-0.39, 0.29) is 23.2 Å². The van der Waals surface area contributed by atoms with E-state index in [0.29, 0.717) is 18.5 Å². The zero-order valence-corrected chi connectivity index (χ0v) is 12.5. The predicted octanol–water partition coefficient (Wildman–Crippen LogP) is 1.07. The lowest BCUT2D eigenvalue weighted by atomic mass is 10.0. The number of sulfonamides is 1. The van der Waals surface area contributed by atoms with Crippen LogP contribution in [0.3, 0.4) is 0 Å². The maximum Gasteiger partial charge on any atom is 0.245 e. The Bertz CT molecular complexity index is 650. The third-order valence-corrected chi connectivity index (χ3v) is 5.79. The summed E-state index contributed by atoms with van der Waals surface area (Å²) in [5, 5.41) is 17.9. The van der Waals surface area contributed by atoms with E-state index in [0.717, 1.165) is 19.3 Å². The molecule has 7 heteroatoms. The van der Waals surface area contributed by atoms with Crippen molar-refractivity contribution in [1.29, 1.82) is 5.26 Å². The summed E-state index contributed by atoms with van der Waals surface area (Å²) in [6.45, 7) is 0.395. The molecule has 3 N–H and O–H groups in total. The minimum Gasteiger partial charge on any atom is -0.398 e. The van der Waals surface area contributed by atoms with Gasteiger partial charge in [-0.3, -0.25) is 0 Å². The molecule has 1 aromatic carbocycles. The number of piperidine rings is 1. The van der Waals surface area contributed by atoms with E-state index < -0.39 is 10.0 Å². The van der Waals surface area contributed by atoms with Crippen molar-refractivity contribution in [3.8, 4) is 6.07 Å². The Labute approximate surface area is 124 Å². The smallest absolute Gasteiger partial charge is 0.245 e. The molecule has 1 aliphatic heterocycles. The molecule has 1 atom stereocenters. The van der Waals surface area contributed by atoms with E-state index in [1.165, 1.54) is 22.5 Å². The molecule has 1 aliphatic rings. The second-order valence-electron chi connectivity index (χ2n) is 5.14. The number of anilines is 1. The molecule has 6 nitrogen and oxygen atoms in total. The monoisotopic (exact) mass is 309 g/mol. The van der Waals surface area contributed by atoms with Gasteiger partial charge in [-0.2, -0.15) is 9.57 Å². The Kier molecular flexibility index (Phi) is 4.83. The normalized spacial score (nSPS) is 20.1. The van der Waals surface area contributed by atoms with E-state index in [1.807, 2.05) is 6.07 Å². The van der Waals surface area contributed by atoms with Crippen LogP contribution in [0.5, 0.6) is 0 Å². The first kappa shape index (κ1) is 15.8. The average molecular weight is 309 g/mol. The molecule has 1 aromatic rings. The second-order valence-corrected chi connectivity index (χ2v) is 7.00. The fourth-order valence-electron chi connectivity index (χ4n) is 2.71. The molecule has 0 saturated carbocycles. The van der Waals surface area contributed by atoms with E-state index in [9.17, 15) is 8.42 Å². The number of hydrogen-bond acceptors (Lipinski definition) is 5. The van der Waals surface area contributed by atoms with Crippen molar-refractivity contribution < 1.29 is 13.5 Å². The van der Waals surface area contributed by atoms with Gasteiger partial charge in [-0.15, -0.1) is 0 Å². The molecule has 0 bridgehead atoms. The van der Waals surface area contributed by atoms with Crippen LogP contribution < -0.4 is 5.73 Å². The van der Waals surface area contributed by atoms with Gasteiger partial charge in [0.05, 0.1) is 17.3 Å². The average Bonchev–Trinajstić information content (AvgIpc) is 2.47. The van der Waals surface area contributed by atoms with Crippen molar-refractivity contribution >= 4 is 15.7 Å². The molecule has 0 amide bonds. The SMILES string of the molecule is N#Cc1ccc(S(=O)(=O)N2CCCCC2CCO)c(N)c1. The van der Waals surface area contributed by atoms with Gasteiger partial charge in [0.25, 0.3) is 0 Å². The van der Waals surface area contributed by atoms with Crippen LogP contribution in [-0.2, 0) is 10.0 Å².